The number of carbonyl (C=O) groups excluding carboxylic acids is 1. The third-order valence-electron chi connectivity index (χ3n) is 2.97. The molecule has 2 rings (SSSR count). The Morgan fingerprint density at radius 2 is 2.00 bits per heavy atom. The summed E-state index contributed by atoms with van der Waals surface area (Å²) in [6.45, 7) is 0. The normalized spacial score (nSPS) is 10.2. The number of rotatable bonds is 3. The molecule has 0 aliphatic carbocycles. The van der Waals surface area contributed by atoms with Crippen LogP contribution in [0.1, 0.15) is 10.4 Å². The van der Waals surface area contributed by atoms with E-state index in [0.29, 0.717) is 21.5 Å². The number of anilines is 2. The number of halogens is 1. The molecular weight excluding hydrogens is 320 g/mol. The van der Waals surface area contributed by atoms with E-state index in [1.54, 1.807) is 43.3 Å². The first-order valence-electron chi connectivity index (χ1n) is 6.00. The summed E-state index contributed by atoms with van der Waals surface area (Å²) in [5.74, 6) is 0.561. The number of ether oxygens (including phenoxy) is 1. The predicted octanol–water partition coefficient (Wildman–Crippen LogP) is 3.32. The van der Waals surface area contributed by atoms with E-state index in [2.05, 4.69) is 15.9 Å². The molecule has 0 spiro atoms. The number of methoxy groups -OCH3 is 1. The van der Waals surface area contributed by atoms with Crippen LogP contribution in [-0.2, 0) is 0 Å². The maximum Gasteiger partial charge on any atom is 0.259 e. The molecule has 0 saturated carbocycles. The standard InChI is InChI=1S/C15H15BrN2O2/c1-18(11-4-3-5-12(9-11)20-2)15(19)13-8-10(17)6-7-14(13)16/h3-9H,17H2,1-2H3. The van der Waals surface area contributed by atoms with Crippen LogP contribution in [0.2, 0.25) is 0 Å². The summed E-state index contributed by atoms with van der Waals surface area (Å²) in [7, 11) is 3.31. The molecule has 0 aromatic heterocycles. The molecule has 0 saturated heterocycles. The zero-order valence-corrected chi connectivity index (χ0v) is 12.8. The lowest BCUT2D eigenvalue weighted by Crippen LogP contribution is -2.26. The maximum atomic E-state index is 12.5. The molecule has 2 N–H and O–H groups in total. The van der Waals surface area contributed by atoms with E-state index >= 15 is 0 Å². The Morgan fingerprint density at radius 1 is 1.25 bits per heavy atom. The van der Waals surface area contributed by atoms with Gasteiger partial charge < -0.3 is 15.4 Å². The van der Waals surface area contributed by atoms with E-state index in [1.807, 2.05) is 18.2 Å². The van der Waals surface area contributed by atoms with Gasteiger partial charge in [0.2, 0.25) is 0 Å². The number of benzene rings is 2. The quantitative estimate of drug-likeness (QED) is 0.876. The van der Waals surface area contributed by atoms with Gasteiger partial charge in [0, 0.05) is 29.0 Å². The molecule has 0 unspecified atom stereocenters. The molecule has 0 radical (unpaired) electrons. The van der Waals surface area contributed by atoms with Gasteiger partial charge in [-0.1, -0.05) is 6.07 Å². The number of carbonyl (C=O) groups is 1. The highest BCUT2D eigenvalue weighted by atomic mass is 79.9. The van der Waals surface area contributed by atoms with Crippen molar-refractivity contribution < 1.29 is 9.53 Å². The minimum absolute atomic E-state index is 0.141. The van der Waals surface area contributed by atoms with Crippen molar-refractivity contribution in [2.75, 3.05) is 24.8 Å². The largest absolute Gasteiger partial charge is 0.497 e. The Labute approximate surface area is 126 Å². The lowest BCUT2D eigenvalue weighted by atomic mass is 10.1. The summed E-state index contributed by atoms with van der Waals surface area (Å²) in [6, 6.07) is 12.5. The second-order valence-corrected chi connectivity index (χ2v) is 5.16. The zero-order valence-electron chi connectivity index (χ0n) is 11.3. The molecule has 20 heavy (non-hydrogen) atoms. The monoisotopic (exact) mass is 334 g/mol. The van der Waals surface area contributed by atoms with Gasteiger partial charge in [-0.15, -0.1) is 0 Å². The number of nitrogens with two attached hydrogens (primary N) is 1. The Hall–Kier alpha value is -2.01. The Bertz CT molecular complexity index is 644. The second kappa shape index (κ2) is 5.96. The van der Waals surface area contributed by atoms with E-state index in [9.17, 15) is 4.79 Å². The average molecular weight is 335 g/mol. The summed E-state index contributed by atoms with van der Waals surface area (Å²) in [6.07, 6.45) is 0. The zero-order chi connectivity index (χ0) is 14.7. The number of nitrogen functional groups attached to an aromatic ring is 1. The van der Waals surface area contributed by atoms with Crippen molar-refractivity contribution >= 4 is 33.2 Å². The van der Waals surface area contributed by atoms with Crippen molar-refractivity contribution in [3.05, 3.63) is 52.5 Å². The topological polar surface area (TPSA) is 55.6 Å². The van der Waals surface area contributed by atoms with E-state index in [1.165, 1.54) is 0 Å². The Balaban J connectivity index is 2.34. The van der Waals surface area contributed by atoms with Gasteiger partial charge in [-0.05, 0) is 46.3 Å². The van der Waals surface area contributed by atoms with Crippen LogP contribution in [0.15, 0.2) is 46.9 Å². The van der Waals surface area contributed by atoms with Gasteiger partial charge >= 0.3 is 0 Å². The molecule has 0 heterocycles. The lowest BCUT2D eigenvalue weighted by molar-refractivity contribution is 0.0992. The first-order chi connectivity index (χ1) is 9.52. The van der Waals surface area contributed by atoms with Crippen LogP contribution >= 0.6 is 15.9 Å². The first kappa shape index (κ1) is 14.4. The molecule has 0 bridgehead atoms. The van der Waals surface area contributed by atoms with Gasteiger partial charge in [0.25, 0.3) is 5.91 Å². The van der Waals surface area contributed by atoms with Gasteiger partial charge in [0.1, 0.15) is 5.75 Å². The van der Waals surface area contributed by atoms with Crippen LogP contribution in [0.3, 0.4) is 0 Å². The highest BCUT2D eigenvalue weighted by Crippen LogP contribution is 2.25. The van der Waals surface area contributed by atoms with E-state index < -0.39 is 0 Å². The maximum absolute atomic E-state index is 12.5. The molecule has 2 aromatic rings. The highest BCUT2D eigenvalue weighted by Gasteiger charge is 2.17. The molecule has 0 atom stereocenters. The van der Waals surface area contributed by atoms with Crippen molar-refractivity contribution in [1.29, 1.82) is 0 Å². The minimum atomic E-state index is -0.141. The van der Waals surface area contributed by atoms with Crippen LogP contribution in [0.5, 0.6) is 5.75 Å². The fourth-order valence-electron chi connectivity index (χ4n) is 1.82. The van der Waals surface area contributed by atoms with Crippen LogP contribution in [0.4, 0.5) is 11.4 Å². The third-order valence-corrected chi connectivity index (χ3v) is 3.66. The van der Waals surface area contributed by atoms with Crippen LogP contribution in [0, 0.1) is 0 Å². The van der Waals surface area contributed by atoms with Crippen molar-refractivity contribution in [2.45, 2.75) is 0 Å². The van der Waals surface area contributed by atoms with Gasteiger partial charge in [0.05, 0.1) is 12.7 Å². The molecule has 104 valence electrons. The first-order valence-corrected chi connectivity index (χ1v) is 6.79. The molecule has 1 amide bonds. The summed E-state index contributed by atoms with van der Waals surface area (Å²) in [5.41, 5.74) is 7.57. The molecule has 0 aliphatic heterocycles. The molecule has 5 heteroatoms. The fraction of sp³-hybridized carbons (Fsp3) is 0.133. The van der Waals surface area contributed by atoms with Crippen molar-refractivity contribution in [2.24, 2.45) is 0 Å². The van der Waals surface area contributed by atoms with Gasteiger partial charge in [-0.25, -0.2) is 0 Å². The van der Waals surface area contributed by atoms with Crippen LogP contribution in [0.25, 0.3) is 0 Å². The molecule has 0 aliphatic rings. The molecule has 4 nitrogen and oxygen atoms in total. The number of hydrogen-bond donors (Lipinski definition) is 1. The fourth-order valence-corrected chi connectivity index (χ4v) is 2.24. The molecule has 2 aromatic carbocycles. The van der Waals surface area contributed by atoms with Gasteiger partial charge in [0.15, 0.2) is 0 Å². The number of hydrogen-bond acceptors (Lipinski definition) is 3. The third kappa shape index (κ3) is 2.93. The summed E-state index contributed by atoms with van der Waals surface area (Å²) >= 11 is 3.37. The van der Waals surface area contributed by atoms with Gasteiger partial charge in [-0.3, -0.25) is 4.79 Å². The van der Waals surface area contributed by atoms with E-state index in [4.69, 9.17) is 10.5 Å². The smallest absolute Gasteiger partial charge is 0.259 e. The predicted molar refractivity (Wildman–Crippen MR) is 84.3 cm³/mol. The molecule has 0 fully saturated rings. The highest BCUT2D eigenvalue weighted by molar-refractivity contribution is 9.10. The van der Waals surface area contributed by atoms with Crippen LogP contribution in [-0.4, -0.2) is 20.1 Å². The van der Waals surface area contributed by atoms with Crippen molar-refractivity contribution in [1.82, 2.24) is 0 Å². The second-order valence-electron chi connectivity index (χ2n) is 4.30. The summed E-state index contributed by atoms with van der Waals surface area (Å²) < 4.78 is 5.88. The van der Waals surface area contributed by atoms with E-state index in [-0.39, 0.29) is 5.91 Å². The SMILES string of the molecule is COc1cccc(N(C)C(=O)c2cc(N)ccc2Br)c1. The molecular formula is C15H15BrN2O2. The van der Waals surface area contributed by atoms with Crippen molar-refractivity contribution in [3.63, 3.8) is 0 Å². The summed E-state index contributed by atoms with van der Waals surface area (Å²) in [5, 5.41) is 0. The van der Waals surface area contributed by atoms with E-state index in [0.717, 1.165) is 5.69 Å². The number of amides is 1. The minimum Gasteiger partial charge on any atom is -0.497 e. The van der Waals surface area contributed by atoms with Crippen LogP contribution < -0.4 is 15.4 Å². The Morgan fingerprint density at radius 3 is 2.70 bits per heavy atom. The number of nitrogens with zero attached hydrogens (tertiary/aromatic N) is 1. The van der Waals surface area contributed by atoms with Crippen molar-refractivity contribution in [3.8, 4) is 5.75 Å². The van der Waals surface area contributed by atoms with Gasteiger partial charge in [-0.2, -0.15) is 0 Å². The summed E-state index contributed by atoms with van der Waals surface area (Å²) in [4.78, 5) is 14.1. The average Bonchev–Trinajstić information content (AvgIpc) is 2.48. The lowest BCUT2D eigenvalue weighted by Gasteiger charge is -2.19. The Kier molecular flexibility index (Phi) is 4.29.